The molecule has 0 atom stereocenters. The van der Waals surface area contributed by atoms with Gasteiger partial charge in [0.25, 0.3) is 0 Å². The van der Waals surface area contributed by atoms with E-state index in [4.69, 9.17) is 4.42 Å². The van der Waals surface area contributed by atoms with Gasteiger partial charge in [-0.3, -0.25) is 0 Å². The lowest BCUT2D eigenvalue weighted by molar-refractivity contribution is 0.613. The first-order valence-corrected chi connectivity index (χ1v) is 6.71. The van der Waals surface area contributed by atoms with Crippen molar-refractivity contribution in [2.75, 3.05) is 0 Å². The van der Waals surface area contributed by atoms with Crippen LogP contribution in [0.25, 0.3) is 27.6 Å². The molecule has 0 aliphatic carbocycles. The van der Waals surface area contributed by atoms with Crippen LogP contribution in [0, 0.1) is 13.8 Å². The number of benzene rings is 1. The Hall–Kier alpha value is -2.21. The molecule has 0 saturated carbocycles. The number of hydrogen-bond acceptors (Lipinski definition) is 5. The van der Waals surface area contributed by atoms with Gasteiger partial charge in [-0.05, 0) is 31.5 Å². The second-order valence-corrected chi connectivity index (χ2v) is 5.61. The lowest BCUT2D eigenvalue weighted by atomic mass is 10.2. The van der Waals surface area contributed by atoms with Crippen LogP contribution in [0.1, 0.15) is 10.6 Å². The van der Waals surface area contributed by atoms with Crippen LogP contribution in [0.15, 0.2) is 28.8 Å². The van der Waals surface area contributed by atoms with Gasteiger partial charge < -0.3 is 4.42 Å². The number of nitrogens with zero attached hydrogens (tertiary/aromatic N) is 4. The van der Waals surface area contributed by atoms with Crippen LogP contribution in [0.4, 0.5) is 0 Å². The summed E-state index contributed by atoms with van der Waals surface area (Å²) in [5, 5.41) is 5.38. The van der Waals surface area contributed by atoms with E-state index >= 15 is 0 Å². The molecule has 0 bridgehead atoms. The molecule has 0 spiro atoms. The maximum atomic E-state index is 5.78. The highest BCUT2D eigenvalue weighted by atomic mass is 32.1. The maximum Gasteiger partial charge on any atom is 0.248 e. The number of fused-ring (bicyclic) bond motifs is 2. The summed E-state index contributed by atoms with van der Waals surface area (Å²) < 4.78 is 7.55. The minimum absolute atomic E-state index is 0.554. The summed E-state index contributed by atoms with van der Waals surface area (Å²) >= 11 is 1.55. The molecule has 0 unspecified atom stereocenters. The lowest BCUT2D eigenvalue weighted by Crippen LogP contribution is -1.88. The Kier molecular flexibility index (Phi) is 2.05. The molecule has 0 aliphatic rings. The van der Waals surface area contributed by atoms with E-state index in [1.54, 1.807) is 22.0 Å². The second kappa shape index (κ2) is 3.64. The summed E-state index contributed by atoms with van der Waals surface area (Å²) in [6, 6.07) is 5.95. The monoisotopic (exact) mass is 270 g/mol. The first-order valence-electron chi connectivity index (χ1n) is 5.89. The lowest BCUT2D eigenvalue weighted by Gasteiger charge is -1.89. The summed E-state index contributed by atoms with van der Waals surface area (Å²) in [6.45, 7) is 3.99. The van der Waals surface area contributed by atoms with Crippen molar-refractivity contribution in [1.29, 1.82) is 0 Å². The van der Waals surface area contributed by atoms with Crippen molar-refractivity contribution < 1.29 is 4.42 Å². The van der Waals surface area contributed by atoms with E-state index in [0.29, 0.717) is 5.89 Å². The van der Waals surface area contributed by atoms with Crippen molar-refractivity contribution >= 4 is 27.4 Å². The van der Waals surface area contributed by atoms with Gasteiger partial charge in [0.2, 0.25) is 10.9 Å². The summed E-state index contributed by atoms with van der Waals surface area (Å²) in [5.74, 6) is 0.554. The number of hydrogen-bond donors (Lipinski definition) is 0. The van der Waals surface area contributed by atoms with Crippen molar-refractivity contribution in [2.24, 2.45) is 0 Å². The first-order chi connectivity index (χ1) is 9.20. The van der Waals surface area contributed by atoms with Gasteiger partial charge in [0.1, 0.15) is 16.2 Å². The van der Waals surface area contributed by atoms with Crippen LogP contribution >= 0.6 is 11.3 Å². The Morgan fingerprint density at radius 1 is 1.26 bits per heavy atom. The van der Waals surface area contributed by atoms with E-state index < -0.39 is 0 Å². The fourth-order valence-electron chi connectivity index (χ4n) is 2.08. The van der Waals surface area contributed by atoms with Gasteiger partial charge >= 0.3 is 0 Å². The SMILES string of the molecule is Cc1ccc2oc(-c3cnc4sc(C)nn34)nc2c1. The summed E-state index contributed by atoms with van der Waals surface area (Å²) in [4.78, 5) is 9.69. The Morgan fingerprint density at radius 3 is 3.05 bits per heavy atom. The molecule has 19 heavy (non-hydrogen) atoms. The van der Waals surface area contributed by atoms with Gasteiger partial charge in [-0.15, -0.1) is 0 Å². The van der Waals surface area contributed by atoms with Crippen LogP contribution in [0.3, 0.4) is 0 Å². The highest BCUT2D eigenvalue weighted by molar-refractivity contribution is 7.16. The minimum Gasteiger partial charge on any atom is -0.435 e. The Bertz CT molecular complexity index is 902. The fourth-order valence-corrected chi connectivity index (χ4v) is 2.80. The first kappa shape index (κ1) is 10.7. The molecule has 0 N–H and O–H groups in total. The van der Waals surface area contributed by atoms with Crippen molar-refractivity contribution in [1.82, 2.24) is 19.6 Å². The van der Waals surface area contributed by atoms with E-state index in [0.717, 1.165) is 32.3 Å². The largest absolute Gasteiger partial charge is 0.435 e. The summed E-state index contributed by atoms with van der Waals surface area (Å²) in [7, 11) is 0. The zero-order chi connectivity index (χ0) is 13.0. The zero-order valence-corrected chi connectivity index (χ0v) is 11.2. The van der Waals surface area contributed by atoms with Crippen LogP contribution in [-0.4, -0.2) is 19.6 Å². The third-order valence-corrected chi connectivity index (χ3v) is 3.79. The normalized spacial score (nSPS) is 11.7. The predicted molar refractivity (Wildman–Crippen MR) is 73.3 cm³/mol. The average Bonchev–Trinajstić information content (AvgIpc) is 3.00. The summed E-state index contributed by atoms with van der Waals surface area (Å²) in [6.07, 6.45) is 1.75. The number of oxazole rings is 1. The molecule has 0 fully saturated rings. The van der Waals surface area contributed by atoms with E-state index in [1.165, 1.54) is 0 Å². The van der Waals surface area contributed by atoms with Gasteiger partial charge in [-0.1, -0.05) is 17.4 Å². The zero-order valence-electron chi connectivity index (χ0n) is 10.4. The molecular formula is C13H10N4OS. The third-order valence-electron chi connectivity index (χ3n) is 2.95. The van der Waals surface area contributed by atoms with Gasteiger partial charge in [-0.25, -0.2) is 9.97 Å². The minimum atomic E-state index is 0.554. The van der Waals surface area contributed by atoms with Crippen molar-refractivity contribution in [3.63, 3.8) is 0 Å². The standard InChI is InChI=1S/C13H10N4OS/c1-7-3-4-11-9(5-7)15-12(18-11)10-6-14-13-17(10)16-8(2)19-13/h3-6H,1-2H3. The van der Waals surface area contributed by atoms with Crippen molar-refractivity contribution in [3.8, 4) is 11.6 Å². The molecule has 0 saturated heterocycles. The molecule has 1 aromatic carbocycles. The second-order valence-electron chi connectivity index (χ2n) is 4.45. The van der Waals surface area contributed by atoms with Gasteiger partial charge in [0.15, 0.2) is 5.58 Å². The molecule has 94 valence electrons. The summed E-state index contributed by atoms with van der Waals surface area (Å²) in [5.41, 5.74) is 3.59. The maximum absolute atomic E-state index is 5.78. The van der Waals surface area contributed by atoms with E-state index in [-0.39, 0.29) is 0 Å². The Labute approximate surface area is 112 Å². The van der Waals surface area contributed by atoms with Crippen molar-refractivity contribution in [2.45, 2.75) is 13.8 Å². The number of rotatable bonds is 1. The van der Waals surface area contributed by atoms with Crippen molar-refractivity contribution in [3.05, 3.63) is 35.0 Å². The Morgan fingerprint density at radius 2 is 2.16 bits per heavy atom. The molecule has 4 rings (SSSR count). The van der Waals surface area contributed by atoms with Crippen LogP contribution in [0.5, 0.6) is 0 Å². The highest BCUT2D eigenvalue weighted by Crippen LogP contribution is 2.26. The van der Waals surface area contributed by atoms with E-state index in [9.17, 15) is 0 Å². The quantitative estimate of drug-likeness (QED) is 0.533. The topological polar surface area (TPSA) is 56.2 Å². The van der Waals surface area contributed by atoms with Gasteiger partial charge in [0, 0.05) is 0 Å². The fraction of sp³-hybridized carbons (Fsp3) is 0.154. The van der Waals surface area contributed by atoms with Gasteiger partial charge in [-0.2, -0.15) is 9.61 Å². The Balaban J connectivity index is 1.98. The van der Waals surface area contributed by atoms with Crippen LogP contribution in [-0.2, 0) is 0 Å². The highest BCUT2D eigenvalue weighted by Gasteiger charge is 2.15. The number of aromatic nitrogens is 4. The van der Waals surface area contributed by atoms with E-state index in [1.807, 2.05) is 32.0 Å². The predicted octanol–water partition coefficient (Wildman–Crippen LogP) is 3.22. The smallest absolute Gasteiger partial charge is 0.248 e. The molecule has 0 aliphatic heterocycles. The molecular weight excluding hydrogens is 260 g/mol. The van der Waals surface area contributed by atoms with Crippen LogP contribution < -0.4 is 0 Å². The molecule has 4 aromatic rings. The molecule has 0 amide bonds. The number of aryl methyl sites for hydroxylation is 2. The van der Waals surface area contributed by atoms with Crippen LogP contribution in [0.2, 0.25) is 0 Å². The third kappa shape index (κ3) is 1.57. The molecule has 5 nitrogen and oxygen atoms in total. The molecule has 3 aromatic heterocycles. The molecule has 3 heterocycles. The molecule has 6 heteroatoms. The van der Waals surface area contributed by atoms with Gasteiger partial charge in [0.05, 0.1) is 6.20 Å². The average molecular weight is 270 g/mol. The molecule has 0 radical (unpaired) electrons. The number of imidazole rings is 1. The van der Waals surface area contributed by atoms with E-state index in [2.05, 4.69) is 15.1 Å².